The summed E-state index contributed by atoms with van der Waals surface area (Å²) < 4.78 is 2.89. The van der Waals surface area contributed by atoms with Crippen LogP contribution in [0.2, 0.25) is 0 Å². The molecule has 0 atom stereocenters. The summed E-state index contributed by atoms with van der Waals surface area (Å²) >= 11 is 6.95. The van der Waals surface area contributed by atoms with Gasteiger partial charge in [-0.15, -0.1) is 0 Å². The van der Waals surface area contributed by atoms with Crippen LogP contribution in [0.3, 0.4) is 0 Å². The lowest BCUT2D eigenvalue weighted by molar-refractivity contribution is 0.875. The lowest BCUT2D eigenvalue weighted by Crippen LogP contribution is -1.95. The van der Waals surface area contributed by atoms with Crippen LogP contribution in [-0.2, 0) is 5.33 Å². The fourth-order valence-corrected chi connectivity index (χ4v) is 2.19. The summed E-state index contributed by atoms with van der Waals surface area (Å²) in [5, 5.41) is 5.04. The Hall–Kier alpha value is -0.610. The number of hydrogen-bond acceptors (Lipinski definition) is 1. The van der Waals surface area contributed by atoms with Gasteiger partial charge in [-0.3, -0.25) is 0 Å². The molecular weight excluding hydrogens is 308 g/mol. The molecule has 0 aliphatic carbocycles. The van der Waals surface area contributed by atoms with E-state index < -0.39 is 0 Å². The maximum Gasteiger partial charge on any atom is 0.0787 e. The minimum Gasteiger partial charge on any atom is -0.240 e. The number of hydrogen-bond donors (Lipinski definition) is 0. The molecule has 2 aromatic rings. The highest BCUT2D eigenvalue weighted by molar-refractivity contribution is 9.10. The zero-order chi connectivity index (χ0) is 9.97. The first-order valence-corrected chi connectivity index (χ1v) is 6.07. The van der Waals surface area contributed by atoms with Crippen molar-refractivity contribution in [1.29, 1.82) is 0 Å². The Bertz CT molecular complexity index is 424. The number of halogens is 2. The molecule has 0 aliphatic heterocycles. The Labute approximate surface area is 99.2 Å². The van der Waals surface area contributed by atoms with E-state index in [9.17, 15) is 0 Å². The van der Waals surface area contributed by atoms with Crippen LogP contribution >= 0.6 is 31.9 Å². The zero-order valence-electron chi connectivity index (χ0n) is 7.32. The van der Waals surface area contributed by atoms with Gasteiger partial charge in [-0.05, 0) is 39.7 Å². The van der Waals surface area contributed by atoms with Crippen molar-refractivity contribution in [3.63, 3.8) is 0 Å². The van der Waals surface area contributed by atoms with Crippen molar-refractivity contribution in [3.05, 3.63) is 46.7 Å². The third kappa shape index (κ3) is 1.91. The molecule has 2 rings (SSSR count). The molecule has 0 saturated carbocycles. The summed E-state index contributed by atoms with van der Waals surface area (Å²) in [5.41, 5.74) is 2.30. The van der Waals surface area contributed by atoms with Crippen LogP contribution in [0, 0.1) is 0 Å². The molecule has 0 spiro atoms. The molecule has 0 aliphatic rings. The molecule has 4 heteroatoms. The molecule has 14 heavy (non-hydrogen) atoms. The lowest BCUT2D eigenvalue weighted by atomic mass is 10.2. The van der Waals surface area contributed by atoms with Crippen molar-refractivity contribution >= 4 is 31.9 Å². The molecule has 0 fully saturated rings. The molecule has 0 saturated heterocycles. The maximum absolute atomic E-state index is 4.18. The van der Waals surface area contributed by atoms with E-state index in [0.717, 1.165) is 15.5 Å². The predicted molar refractivity (Wildman–Crippen MR) is 63.9 cm³/mol. The minimum atomic E-state index is 0.866. The first-order chi connectivity index (χ1) is 6.81. The molecule has 0 radical (unpaired) electrons. The Morgan fingerprint density at radius 2 is 2.21 bits per heavy atom. The van der Waals surface area contributed by atoms with E-state index >= 15 is 0 Å². The van der Waals surface area contributed by atoms with Gasteiger partial charge in [0.15, 0.2) is 0 Å². The van der Waals surface area contributed by atoms with Gasteiger partial charge in [0.25, 0.3) is 0 Å². The molecule has 0 unspecified atom stereocenters. The van der Waals surface area contributed by atoms with E-state index in [1.807, 2.05) is 23.0 Å². The Balaban J connectivity index is 2.46. The molecule has 1 heterocycles. The number of benzene rings is 1. The molecule has 0 N–H and O–H groups in total. The van der Waals surface area contributed by atoms with E-state index in [1.165, 1.54) is 5.56 Å². The van der Waals surface area contributed by atoms with Crippen molar-refractivity contribution in [2.45, 2.75) is 5.33 Å². The van der Waals surface area contributed by atoms with Crippen LogP contribution in [0.4, 0.5) is 0 Å². The smallest absolute Gasteiger partial charge is 0.0787 e. The van der Waals surface area contributed by atoms with Gasteiger partial charge in [0.05, 0.1) is 5.69 Å². The highest BCUT2D eigenvalue weighted by Gasteiger charge is 2.02. The maximum atomic E-state index is 4.18. The molecule has 72 valence electrons. The van der Waals surface area contributed by atoms with Gasteiger partial charge in [-0.2, -0.15) is 5.10 Å². The average Bonchev–Trinajstić information content (AvgIpc) is 2.70. The summed E-state index contributed by atoms with van der Waals surface area (Å²) in [6.45, 7) is 0. The SMILES string of the molecule is BrCc1ccc(-n2cccn2)c(Br)c1. The third-order valence-corrected chi connectivity index (χ3v) is 3.20. The average molecular weight is 316 g/mol. The zero-order valence-corrected chi connectivity index (χ0v) is 10.5. The molecule has 2 nitrogen and oxygen atoms in total. The third-order valence-electron chi connectivity index (χ3n) is 1.92. The molecule has 0 amide bonds. The van der Waals surface area contributed by atoms with Crippen molar-refractivity contribution in [2.75, 3.05) is 0 Å². The predicted octanol–water partition coefficient (Wildman–Crippen LogP) is 3.53. The van der Waals surface area contributed by atoms with Gasteiger partial charge in [-0.1, -0.05) is 22.0 Å². The van der Waals surface area contributed by atoms with Crippen molar-refractivity contribution in [1.82, 2.24) is 9.78 Å². The molecule has 0 bridgehead atoms. The molecule has 1 aromatic heterocycles. The largest absolute Gasteiger partial charge is 0.240 e. The number of aromatic nitrogens is 2. The van der Waals surface area contributed by atoms with Crippen molar-refractivity contribution < 1.29 is 0 Å². The highest BCUT2D eigenvalue weighted by Crippen LogP contribution is 2.22. The molecular formula is C10H8Br2N2. The summed E-state index contributed by atoms with van der Waals surface area (Å²) in [6.07, 6.45) is 3.69. The minimum absolute atomic E-state index is 0.866. The van der Waals surface area contributed by atoms with Gasteiger partial charge in [-0.25, -0.2) is 4.68 Å². The second-order valence-electron chi connectivity index (χ2n) is 2.87. The van der Waals surface area contributed by atoms with E-state index in [-0.39, 0.29) is 0 Å². The fourth-order valence-electron chi connectivity index (χ4n) is 1.23. The van der Waals surface area contributed by atoms with E-state index in [0.29, 0.717) is 0 Å². The lowest BCUT2D eigenvalue weighted by Gasteiger charge is -2.05. The van der Waals surface area contributed by atoms with Crippen molar-refractivity contribution in [2.24, 2.45) is 0 Å². The normalized spacial score (nSPS) is 10.4. The Morgan fingerprint density at radius 3 is 2.79 bits per heavy atom. The Kier molecular flexibility index (Phi) is 3.03. The summed E-state index contributed by atoms with van der Waals surface area (Å²) in [7, 11) is 0. The fraction of sp³-hybridized carbons (Fsp3) is 0.100. The number of rotatable bonds is 2. The van der Waals surface area contributed by atoms with Crippen LogP contribution in [0.15, 0.2) is 41.1 Å². The summed E-state index contributed by atoms with van der Waals surface area (Å²) in [5.74, 6) is 0. The first-order valence-electron chi connectivity index (χ1n) is 4.15. The van der Waals surface area contributed by atoms with Crippen LogP contribution in [0.25, 0.3) is 5.69 Å². The second kappa shape index (κ2) is 4.28. The van der Waals surface area contributed by atoms with E-state index in [1.54, 1.807) is 6.20 Å². The topological polar surface area (TPSA) is 17.8 Å². The van der Waals surface area contributed by atoms with Gasteiger partial charge in [0, 0.05) is 22.2 Å². The van der Waals surface area contributed by atoms with Crippen molar-refractivity contribution in [3.8, 4) is 5.69 Å². The second-order valence-corrected chi connectivity index (χ2v) is 4.29. The number of alkyl halides is 1. The van der Waals surface area contributed by atoms with Crippen LogP contribution in [0.5, 0.6) is 0 Å². The summed E-state index contributed by atoms with van der Waals surface area (Å²) in [6, 6.07) is 8.13. The van der Waals surface area contributed by atoms with E-state index in [2.05, 4.69) is 49.1 Å². The molecule has 1 aromatic carbocycles. The first kappa shape index (κ1) is 9.93. The quantitative estimate of drug-likeness (QED) is 0.775. The highest BCUT2D eigenvalue weighted by atomic mass is 79.9. The van der Waals surface area contributed by atoms with Gasteiger partial charge in [0.2, 0.25) is 0 Å². The monoisotopic (exact) mass is 314 g/mol. The van der Waals surface area contributed by atoms with Crippen LogP contribution in [-0.4, -0.2) is 9.78 Å². The van der Waals surface area contributed by atoms with Crippen LogP contribution in [0.1, 0.15) is 5.56 Å². The van der Waals surface area contributed by atoms with Gasteiger partial charge in [0.1, 0.15) is 0 Å². The number of nitrogens with zero attached hydrogens (tertiary/aromatic N) is 2. The van der Waals surface area contributed by atoms with Crippen LogP contribution < -0.4 is 0 Å². The summed E-state index contributed by atoms with van der Waals surface area (Å²) in [4.78, 5) is 0. The van der Waals surface area contributed by atoms with E-state index in [4.69, 9.17) is 0 Å². The van der Waals surface area contributed by atoms with Gasteiger partial charge >= 0.3 is 0 Å². The van der Waals surface area contributed by atoms with Gasteiger partial charge < -0.3 is 0 Å². The standard InChI is InChI=1S/C10H8Br2N2/c11-7-8-2-3-10(9(12)6-8)14-5-1-4-13-14/h1-6H,7H2. The Morgan fingerprint density at radius 1 is 1.36 bits per heavy atom.